The first-order valence-corrected chi connectivity index (χ1v) is 8.84. The summed E-state index contributed by atoms with van der Waals surface area (Å²) in [6.45, 7) is 6.98. The summed E-state index contributed by atoms with van der Waals surface area (Å²) in [5.41, 5.74) is 2.35. The maximum atomic E-state index is 12.9. The summed E-state index contributed by atoms with van der Waals surface area (Å²) in [5, 5.41) is 6.67. The lowest BCUT2D eigenvalue weighted by molar-refractivity contribution is -0.136. The molecule has 2 aliphatic heterocycles. The summed E-state index contributed by atoms with van der Waals surface area (Å²) in [7, 11) is 0. The number of rotatable bonds is 3. The highest BCUT2D eigenvalue weighted by Crippen LogP contribution is 2.34. The van der Waals surface area contributed by atoms with Crippen LogP contribution in [-0.4, -0.2) is 31.6 Å². The number of nitrogens with one attached hydrogen (secondary N) is 2. The van der Waals surface area contributed by atoms with Crippen LogP contribution in [0.2, 0.25) is 0 Å². The summed E-state index contributed by atoms with van der Waals surface area (Å²) in [4.78, 5) is 12.9. The van der Waals surface area contributed by atoms with Crippen molar-refractivity contribution in [3.63, 3.8) is 0 Å². The smallest absolute Gasteiger partial charge is 0.226 e. The fourth-order valence-corrected chi connectivity index (χ4v) is 3.65. The SMILES string of the molecule is Cc1ccc(C2OCCCC2C(=O)NC2CCNCC2C)cc1.Cl. The summed E-state index contributed by atoms with van der Waals surface area (Å²) in [6, 6.07) is 8.66. The summed E-state index contributed by atoms with van der Waals surface area (Å²) in [6.07, 6.45) is 2.77. The van der Waals surface area contributed by atoms with Crippen LogP contribution in [0.5, 0.6) is 0 Å². The van der Waals surface area contributed by atoms with Crippen LogP contribution in [0, 0.1) is 18.8 Å². The van der Waals surface area contributed by atoms with Gasteiger partial charge in [0.05, 0.1) is 12.0 Å². The molecule has 4 nitrogen and oxygen atoms in total. The second-order valence-corrected chi connectivity index (χ2v) is 7.04. The van der Waals surface area contributed by atoms with Crippen molar-refractivity contribution in [3.8, 4) is 0 Å². The predicted molar refractivity (Wildman–Crippen MR) is 98.4 cm³/mol. The van der Waals surface area contributed by atoms with Gasteiger partial charge < -0.3 is 15.4 Å². The molecule has 1 aromatic rings. The number of hydrogen-bond acceptors (Lipinski definition) is 3. The summed E-state index contributed by atoms with van der Waals surface area (Å²) >= 11 is 0. The van der Waals surface area contributed by atoms with Gasteiger partial charge in [-0.3, -0.25) is 4.79 Å². The summed E-state index contributed by atoms with van der Waals surface area (Å²) < 4.78 is 5.98. The third-order valence-electron chi connectivity index (χ3n) is 5.18. The van der Waals surface area contributed by atoms with E-state index in [1.54, 1.807) is 0 Å². The topological polar surface area (TPSA) is 50.4 Å². The average Bonchev–Trinajstić information content (AvgIpc) is 2.58. The molecule has 0 aliphatic carbocycles. The van der Waals surface area contributed by atoms with Crippen molar-refractivity contribution in [3.05, 3.63) is 35.4 Å². The predicted octanol–water partition coefficient (Wildman–Crippen LogP) is 3.00. The van der Waals surface area contributed by atoms with E-state index in [2.05, 4.69) is 48.7 Å². The van der Waals surface area contributed by atoms with E-state index in [9.17, 15) is 4.79 Å². The molecule has 0 bridgehead atoms. The maximum absolute atomic E-state index is 12.9. The first kappa shape index (κ1) is 19.2. The Balaban J connectivity index is 0.00000208. The highest BCUT2D eigenvalue weighted by molar-refractivity contribution is 5.85. The molecule has 1 amide bonds. The Morgan fingerprint density at radius 1 is 1.25 bits per heavy atom. The van der Waals surface area contributed by atoms with Crippen LogP contribution in [0.15, 0.2) is 24.3 Å². The Kier molecular flexibility index (Phi) is 7.08. The molecule has 4 unspecified atom stereocenters. The van der Waals surface area contributed by atoms with Crippen LogP contribution in [0.1, 0.15) is 43.4 Å². The van der Waals surface area contributed by atoms with E-state index in [0.29, 0.717) is 5.92 Å². The number of carbonyl (C=O) groups excluding carboxylic acids is 1. The molecule has 0 saturated carbocycles. The van der Waals surface area contributed by atoms with Crippen LogP contribution in [0.3, 0.4) is 0 Å². The monoisotopic (exact) mass is 352 g/mol. The van der Waals surface area contributed by atoms with E-state index in [-0.39, 0.29) is 36.4 Å². The Morgan fingerprint density at radius 3 is 2.71 bits per heavy atom. The minimum absolute atomic E-state index is 0. The first-order valence-electron chi connectivity index (χ1n) is 8.84. The molecule has 2 aliphatic rings. The normalized spacial score (nSPS) is 30.2. The van der Waals surface area contributed by atoms with Gasteiger partial charge in [0.1, 0.15) is 0 Å². The van der Waals surface area contributed by atoms with Crippen LogP contribution in [-0.2, 0) is 9.53 Å². The van der Waals surface area contributed by atoms with Crippen molar-refractivity contribution in [2.75, 3.05) is 19.7 Å². The van der Waals surface area contributed by atoms with Crippen molar-refractivity contribution < 1.29 is 9.53 Å². The second kappa shape index (κ2) is 8.84. The number of ether oxygens (including phenoxy) is 1. The molecule has 24 heavy (non-hydrogen) atoms. The zero-order chi connectivity index (χ0) is 16.2. The third kappa shape index (κ3) is 4.50. The van der Waals surface area contributed by atoms with E-state index in [1.807, 2.05) is 0 Å². The standard InChI is InChI=1S/C19H28N2O2.ClH/c1-13-5-7-15(8-6-13)18-16(4-3-11-23-18)19(22)21-17-9-10-20-12-14(17)2;/h5-8,14,16-18,20H,3-4,9-12H2,1-2H3,(H,21,22);1H. The van der Waals surface area contributed by atoms with Crippen LogP contribution >= 0.6 is 12.4 Å². The van der Waals surface area contributed by atoms with Gasteiger partial charge in [0.2, 0.25) is 5.91 Å². The van der Waals surface area contributed by atoms with E-state index in [4.69, 9.17) is 4.74 Å². The minimum Gasteiger partial charge on any atom is -0.373 e. The van der Waals surface area contributed by atoms with E-state index in [1.165, 1.54) is 5.56 Å². The lowest BCUT2D eigenvalue weighted by Gasteiger charge is -2.35. The van der Waals surface area contributed by atoms with Crippen molar-refractivity contribution in [1.29, 1.82) is 0 Å². The molecule has 0 aromatic heterocycles. The number of carbonyl (C=O) groups is 1. The van der Waals surface area contributed by atoms with E-state index in [0.717, 1.165) is 44.5 Å². The van der Waals surface area contributed by atoms with Crippen molar-refractivity contribution in [2.24, 2.45) is 11.8 Å². The number of hydrogen-bond donors (Lipinski definition) is 2. The van der Waals surface area contributed by atoms with Gasteiger partial charge in [-0.1, -0.05) is 36.8 Å². The highest BCUT2D eigenvalue weighted by atomic mass is 35.5. The largest absolute Gasteiger partial charge is 0.373 e. The van der Waals surface area contributed by atoms with Crippen LogP contribution < -0.4 is 10.6 Å². The van der Waals surface area contributed by atoms with E-state index >= 15 is 0 Å². The van der Waals surface area contributed by atoms with Gasteiger partial charge in [-0.05, 0) is 50.8 Å². The zero-order valence-electron chi connectivity index (χ0n) is 14.6. The fourth-order valence-electron chi connectivity index (χ4n) is 3.65. The van der Waals surface area contributed by atoms with Gasteiger partial charge in [0.25, 0.3) is 0 Å². The Hall–Kier alpha value is -1.10. The number of aryl methyl sites for hydroxylation is 1. The van der Waals surface area contributed by atoms with Gasteiger partial charge in [-0.15, -0.1) is 12.4 Å². The molecule has 5 heteroatoms. The van der Waals surface area contributed by atoms with Crippen LogP contribution in [0.25, 0.3) is 0 Å². The highest BCUT2D eigenvalue weighted by Gasteiger charge is 2.35. The molecule has 2 saturated heterocycles. The van der Waals surface area contributed by atoms with Gasteiger partial charge >= 0.3 is 0 Å². The Labute approximate surface area is 151 Å². The molecule has 134 valence electrons. The molecule has 0 radical (unpaired) electrons. The average molecular weight is 353 g/mol. The number of benzene rings is 1. The minimum atomic E-state index is -0.110. The van der Waals surface area contributed by atoms with Gasteiger partial charge in [-0.2, -0.15) is 0 Å². The van der Waals surface area contributed by atoms with Crippen LogP contribution in [0.4, 0.5) is 0 Å². The second-order valence-electron chi connectivity index (χ2n) is 7.04. The Bertz CT molecular complexity index is 535. The third-order valence-corrected chi connectivity index (χ3v) is 5.18. The molecule has 2 N–H and O–H groups in total. The molecule has 1 aromatic carbocycles. The first-order chi connectivity index (χ1) is 11.1. The molecular weight excluding hydrogens is 324 g/mol. The Morgan fingerprint density at radius 2 is 2.00 bits per heavy atom. The quantitative estimate of drug-likeness (QED) is 0.879. The molecule has 3 rings (SSSR count). The van der Waals surface area contributed by atoms with E-state index < -0.39 is 0 Å². The number of amides is 1. The molecule has 2 heterocycles. The number of halogens is 1. The van der Waals surface area contributed by atoms with Gasteiger partial charge in [0, 0.05) is 12.6 Å². The molecule has 2 fully saturated rings. The maximum Gasteiger partial charge on any atom is 0.226 e. The van der Waals surface area contributed by atoms with Crippen molar-refractivity contribution in [1.82, 2.24) is 10.6 Å². The van der Waals surface area contributed by atoms with Crippen molar-refractivity contribution >= 4 is 18.3 Å². The van der Waals surface area contributed by atoms with Crippen molar-refractivity contribution in [2.45, 2.75) is 45.3 Å². The molecule has 0 spiro atoms. The fraction of sp³-hybridized carbons (Fsp3) is 0.632. The van der Waals surface area contributed by atoms with Gasteiger partial charge in [-0.25, -0.2) is 0 Å². The lowest BCUT2D eigenvalue weighted by atomic mass is 9.87. The zero-order valence-corrected chi connectivity index (χ0v) is 15.4. The molecular formula is C19H29ClN2O2. The van der Waals surface area contributed by atoms with Gasteiger partial charge in [0.15, 0.2) is 0 Å². The molecule has 4 atom stereocenters. The lowest BCUT2D eigenvalue weighted by Crippen LogP contribution is -2.51. The summed E-state index contributed by atoms with van der Waals surface area (Å²) in [5.74, 6) is 0.567. The number of piperidine rings is 1.